The molecule has 0 aliphatic rings. The lowest BCUT2D eigenvalue weighted by molar-refractivity contribution is 0.252. The number of benzene rings is 2. The summed E-state index contributed by atoms with van der Waals surface area (Å²) in [5.74, 6) is 0.545. The highest BCUT2D eigenvalue weighted by Gasteiger charge is 2.04. The smallest absolute Gasteiger partial charge is 0.320 e. The van der Waals surface area contributed by atoms with Crippen LogP contribution >= 0.6 is 0 Å². The van der Waals surface area contributed by atoms with Crippen LogP contribution < -0.4 is 10.6 Å². The molecule has 5 nitrogen and oxygen atoms in total. The van der Waals surface area contributed by atoms with Crippen molar-refractivity contribution in [1.82, 2.24) is 15.1 Å². The van der Waals surface area contributed by atoms with E-state index in [4.69, 9.17) is 0 Å². The summed E-state index contributed by atoms with van der Waals surface area (Å²) in [6, 6.07) is 21.7. The first-order chi connectivity index (χ1) is 11.8. The zero-order valence-electron chi connectivity index (χ0n) is 13.4. The SMILES string of the molecule is O=C(NCCc1ccccc1)Nc1ccn(Cc2ccccc2)n1. The molecule has 0 atom stereocenters. The highest BCUT2D eigenvalue weighted by molar-refractivity contribution is 5.88. The molecule has 2 amide bonds. The predicted octanol–water partition coefficient (Wildman–Crippen LogP) is 3.30. The average molecular weight is 320 g/mol. The molecule has 2 aromatic carbocycles. The Kier molecular flexibility index (Phi) is 5.24. The quantitative estimate of drug-likeness (QED) is 0.732. The summed E-state index contributed by atoms with van der Waals surface area (Å²) in [6.45, 7) is 1.26. The van der Waals surface area contributed by atoms with Gasteiger partial charge >= 0.3 is 6.03 Å². The maximum atomic E-state index is 11.9. The van der Waals surface area contributed by atoms with Crippen LogP contribution in [-0.4, -0.2) is 22.4 Å². The van der Waals surface area contributed by atoms with E-state index in [1.807, 2.05) is 66.9 Å². The molecule has 0 radical (unpaired) electrons. The van der Waals surface area contributed by atoms with Gasteiger partial charge in [-0.1, -0.05) is 60.7 Å². The topological polar surface area (TPSA) is 59.0 Å². The molecule has 2 N–H and O–H groups in total. The molecule has 1 aromatic heterocycles. The van der Waals surface area contributed by atoms with Gasteiger partial charge in [-0.05, 0) is 17.5 Å². The number of rotatable bonds is 6. The van der Waals surface area contributed by atoms with E-state index in [1.165, 1.54) is 11.1 Å². The molecule has 0 saturated heterocycles. The Morgan fingerprint density at radius 2 is 1.58 bits per heavy atom. The fourth-order valence-corrected chi connectivity index (χ4v) is 2.41. The predicted molar refractivity (Wildman–Crippen MR) is 94.9 cm³/mol. The van der Waals surface area contributed by atoms with Gasteiger partial charge in [0.15, 0.2) is 5.82 Å². The zero-order valence-corrected chi connectivity index (χ0v) is 13.4. The number of nitrogens with one attached hydrogen (secondary N) is 2. The van der Waals surface area contributed by atoms with Crippen LogP contribution in [0.15, 0.2) is 72.9 Å². The van der Waals surface area contributed by atoms with Crippen LogP contribution in [0.25, 0.3) is 0 Å². The van der Waals surface area contributed by atoms with Crippen LogP contribution in [-0.2, 0) is 13.0 Å². The van der Waals surface area contributed by atoms with E-state index in [0.29, 0.717) is 18.9 Å². The lowest BCUT2D eigenvalue weighted by Crippen LogP contribution is -2.30. The Morgan fingerprint density at radius 3 is 2.29 bits per heavy atom. The molecule has 0 unspecified atom stereocenters. The molecule has 122 valence electrons. The van der Waals surface area contributed by atoms with E-state index >= 15 is 0 Å². The molecule has 3 aromatic rings. The third-order valence-electron chi connectivity index (χ3n) is 3.61. The molecule has 0 aliphatic carbocycles. The number of carbonyl (C=O) groups excluding carboxylic acids is 1. The van der Waals surface area contributed by atoms with Gasteiger partial charge < -0.3 is 5.32 Å². The van der Waals surface area contributed by atoms with Crippen molar-refractivity contribution < 1.29 is 4.79 Å². The Labute approximate surface area is 141 Å². The second kappa shape index (κ2) is 7.97. The molecule has 0 bridgehead atoms. The maximum absolute atomic E-state index is 11.9. The van der Waals surface area contributed by atoms with Crippen molar-refractivity contribution in [1.29, 1.82) is 0 Å². The van der Waals surface area contributed by atoms with Crippen molar-refractivity contribution in [3.63, 3.8) is 0 Å². The largest absolute Gasteiger partial charge is 0.337 e. The van der Waals surface area contributed by atoms with Crippen LogP contribution in [0, 0.1) is 0 Å². The first-order valence-electron chi connectivity index (χ1n) is 7.96. The minimum atomic E-state index is -0.240. The third-order valence-corrected chi connectivity index (χ3v) is 3.61. The molecule has 0 fully saturated rings. The Morgan fingerprint density at radius 1 is 0.917 bits per heavy atom. The number of hydrogen-bond donors (Lipinski definition) is 2. The molecule has 1 heterocycles. The summed E-state index contributed by atoms with van der Waals surface area (Å²) in [5.41, 5.74) is 2.37. The van der Waals surface area contributed by atoms with Gasteiger partial charge in [-0.15, -0.1) is 0 Å². The first kappa shape index (κ1) is 15.8. The molecular formula is C19H20N4O. The monoisotopic (exact) mass is 320 g/mol. The normalized spacial score (nSPS) is 10.3. The summed E-state index contributed by atoms with van der Waals surface area (Å²) in [5, 5.41) is 9.95. The number of hydrogen-bond acceptors (Lipinski definition) is 2. The van der Waals surface area contributed by atoms with Gasteiger partial charge in [0, 0.05) is 18.8 Å². The second-order valence-corrected chi connectivity index (χ2v) is 5.50. The minimum absolute atomic E-state index is 0.240. The van der Waals surface area contributed by atoms with E-state index in [-0.39, 0.29) is 6.03 Å². The van der Waals surface area contributed by atoms with E-state index < -0.39 is 0 Å². The van der Waals surface area contributed by atoms with Crippen molar-refractivity contribution >= 4 is 11.8 Å². The molecule has 3 rings (SSSR count). The fraction of sp³-hybridized carbons (Fsp3) is 0.158. The van der Waals surface area contributed by atoms with Gasteiger partial charge in [-0.25, -0.2) is 4.79 Å². The molecule has 24 heavy (non-hydrogen) atoms. The van der Waals surface area contributed by atoms with Gasteiger partial charge in [0.1, 0.15) is 0 Å². The minimum Gasteiger partial charge on any atom is -0.337 e. The van der Waals surface area contributed by atoms with Crippen molar-refractivity contribution in [2.75, 3.05) is 11.9 Å². The number of nitrogens with zero attached hydrogens (tertiary/aromatic N) is 2. The van der Waals surface area contributed by atoms with Crippen molar-refractivity contribution in [3.8, 4) is 0 Å². The highest BCUT2D eigenvalue weighted by Crippen LogP contribution is 2.06. The van der Waals surface area contributed by atoms with Gasteiger partial charge in [-0.3, -0.25) is 10.00 Å². The van der Waals surface area contributed by atoms with Crippen LogP contribution in [0.1, 0.15) is 11.1 Å². The maximum Gasteiger partial charge on any atom is 0.320 e. The average Bonchev–Trinajstić information content (AvgIpc) is 3.03. The zero-order chi connectivity index (χ0) is 16.6. The van der Waals surface area contributed by atoms with Gasteiger partial charge in [0.05, 0.1) is 6.54 Å². The number of aromatic nitrogens is 2. The Hall–Kier alpha value is -3.08. The highest BCUT2D eigenvalue weighted by atomic mass is 16.2. The Bertz CT molecular complexity index is 768. The summed E-state index contributed by atoms with van der Waals surface area (Å²) in [4.78, 5) is 11.9. The Balaban J connectivity index is 1.45. The first-order valence-corrected chi connectivity index (χ1v) is 7.96. The lowest BCUT2D eigenvalue weighted by atomic mass is 10.1. The lowest BCUT2D eigenvalue weighted by Gasteiger charge is -2.06. The molecule has 0 saturated carbocycles. The van der Waals surface area contributed by atoms with Gasteiger partial charge in [0.2, 0.25) is 0 Å². The number of amides is 2. The standard InChI is InChI=1S/C19H20N4O/c24-19(20-13-11-16-7-3-1-4-8-16)21-18-12-14-23(22-18)15-17-9-5-2-6-10-17/h1-10,12,14H,11,13,15H2,(H2,20,21,22,24). The summed E-state index contributed by atoms with van der Waals surface area (Å²) >= 11 is 0. The van der Waals surface area contributed by atoms with Gasteiger partial charge in [0.25, 0.3) is 0 Å². The summed E-state index contributed by atoms with van der Waals surface area (Å²) in [6.07, 6.45) is 2.66. The van der Waals surface area contributed by atoms with Crippen LogP contribution in [0.2, 0.25) is 0 Å². The summed E-state index contributed by atoms with van der Waals surface area (Å²) < 4.78 is 1.80. The molecular weight excluding hydrogens is 300 g/mol. The van der Waals surface area contributed by atoms with Crippen molar-refractivity contribution in [3.05, 3.63) is 84.1 Å². The van der Waals surface area contributed by atoms with Crippen molar-refractivity contribution in [2.24, 2.45) is 0 Å². The summed E-state index contributed by atoms with van der Waals surface area (Å²) in [7, 11) is 0. The molecule has 0 aliphatic heterocycles. The second-order valence-electron chi connectivity index (χ2n) is 5.50. The number of carbonyl (C=O) groups is 1. The van der Waals surface area contributed by atoms with Crippen LogP contribution in [0.5, 0.6) is 0 Å². The van der Waals surface area contributed by atoms with Crippen LogP contribution in [0.3, 0.4) is 0 Å². The number of anilines is 1. The molecule has 5 heteroatoms. The molecule has 0 spiro atoms. The number of urea groups is 1. The van der Waals surface area contributed by atoms with Crippen molar-refractivity contribution in [2.45, 2.75) is 13.0 Å². The van der Waals surface area contributed by atoms with Crippen LogP contribution in [0.4, 0.5) is 10.6 Å². The fourth-order valence-electron chi connectivity index (χ4n) is 2.41. The van der Waals surface area contributed by atoms with E-state index in [2.05, 4.69) is 15.7 Å². The van der Waals surface area contributed by atoms with E-state index in [0.717, 1.165) is 6.42 Å². The van der Waals surface area contributed by atoms with E-state index in [1.54, 1.807) is 10.7 Å². The third kappa shape index (κ3) is 4.71. The van der Waals surface area contributed by atoms with Gasteiger partial charge in [-0.2, -0.15) is 5.10 Å². The van der Waals surface area contributed by atoms with E-state index in [9.17, 15) is 4.79 Å².